The number of rotatable bonds is 3. The maximum atomic E-state index is 10.5. The topological polar surface area (TPSA) is 57.5 Å². The molecule has 1 heterocycles. The maximum absolute atomic E-state index is 10.5. The van der Waals surface area contributed by atoms with Gasteiger partial charge in [-0.1, -0.05) is 0 Å². The van der Waals surface area contributed by atoms with Crippen LogP contribution in [0.3, 0.4) is 0 Å². The number of carboxylic acid groups (broad SMARTS) is 1. The second-order valence-corrected chi connectivity index (χ2v) is 5.09. The van der Waals surface area contributed by atoms with Crippen LogP contribution in [-0.4, -0.2) is 16.2 Å². The quantitative estimate of drug-likeness (QED) is 0.830. The number of hydrogen-bond acceptors (Lipinski definition) is 3. The van der Waals surface area contributed by atoms with Gasteiger partial charge in [0.1, 0.15) is 0 Å². The van der Waals surface area contributed by atoms with Crippen LogP contribution in [0.2, 0.25) is 0 Å². The van der Waals surface area contributed by atoms with Crippen LogP contribution < -0.4 is 0 Å². The van der Waals surface area contributed by atoms with E-state index in [0.717, 1.165) is 17.7 Å². The van der Waals surface area contributed by atoms with Gasteiger partial charge in [0.2, 0.25) is 0 Å². The molecule has 0 saturated carbocycles. The van der Waals surface area contributed by atoms with Crippen molar-refractivity contribution >= 4 is 17.3 Å². The van der Waals surface area contributed by atoms with Crippen LogP contribution in [0.5, 0.6) is 0 Å². The summed E-state index contributed by atoms with van der Waals surface area (Å²) in [5, 5.41) is 18.3. The predicted octanol–water partition coefficient (Wildman–Crippen LogP) is 2.13. The number of carboxylic acids is 1. The molecule has 0 radical (unpaired) electrons. The summed E-state index contributed by atoms with van der Waals surface area (Å²) < 4.78 is 0. The fourth-order valence-corrected chi connectivity index (χ4v) is 3.19. The molecule has 0 saturated heterocycles. The van der Waals surface area contributed by atoms with E-state index in [1.165, 1.54) is 23.3 Å². The molecule has 1 aromatic rings. The van der Waals surface area contributed by atoms with Crippen molar-refractivity contribution in [2.24, 2.45) is 0 Å². The van der Waals surface area contributed by atoms with Crippen molar-refractivity contribution in [2.45, 2.75) is 38.2 Å². The molecule has 1 aliphatic carbocycles. The first-order chi connectivity index (χ1) is 7.16. The Hall–Kier alpha value is -0.870. The van der Waals surface area contributed by atoms with Gasteiger partial charge in [0.25, 0.3) is 0 Å². The fraction of sp³-hybridized carbons (Fsp3) is 0.545. The number of hydrogen-bond donors (Lipinski definition) is 2. The highest BCUT2D eigenvalue weighted by Gasteiger charge is 2.19. The van der Waals surface area contributed by atoms with E-state index in [-0.39, 0.29) is 6.42 Å². The summed E-state index contributed by atoms with van der Waals surface area (Å²) in [6, 6.07) is 1.98. The minimum atomic E-state index is -0.950. The molecule has 1 aromatic heterocycles. The van der Waals surface area contributed by atoms with Crippen LogP contribution in [0.1, 0.15) is 40.7 Å². The normalized spacial score (nSPS) is 17.1. The van der Waals surface area contributed by atoms with E-state index < -0.39 is 12.1 Å². The van der Waals surface area contributed by atoms with Crippen LogP contribution in [0.4, 0.5) is 0 Å². The number of aliphatic carboxylic acids is 1. The molecule has 82 valence electrons. The Morgan fingerprint density at radius 2 is 2.20 bits per heavy atom. The van der Waals surface area contributed by atoms with Crippen molar-refractivity contribution in [2.75, 3.05) is 0 Å². The molecule has 2 N–H and O–H groups in total. The van der Waals surface area contributed by atoms with Gasteiger partial charge in [0.15, 0.2) is 0 Å². The predicted molar refractivity (Wildman–Crippen MR) is 58.2 cm³/mol. The molecule has 0 aliphatic heterocycles. The van der Waals surface area contributed by atoms with Crippen LogP contribution in [-0.2, 0) is 17.6 Å². The number of aliphatic hydroxyl groups excluding tert-OH is 1. The molecule has 0 spiro atoms. The summed E-state index contributed by atoms with van der Waals surface area (Å²) in [7, 11) is 0. The average Bonchev–Trinajstić information content (AvgIpc) is 2.59. The van der Waals surface area contributed by atoms with Crippen molar-refractivity contribution in [1.29, 1.82) is 0 Å². The number of thiophene rings is 1. The monoisotopic (exact) mass is 226 g/mol. The molecule has 0 amide bonds. The van der Waals surface area contributed by atoms with Gasteiger partial charge in [0, 0.05) is 9.75 Å². The summed E-state index contributed by atoms with van der Waals surface area (Å²) in [5.41, 5.74) is 1.31. The van der Waals surface area contributed by atoms with E-state index in [2.05, 4.69) is 0 Å². The van der Waals surface area contributed by atoms with Crippen molar-refractivity contribution in [3.05, 3.63) is 21.4 Å². The Labute approximate surface area is 92.4 Å². The first kappa shape index (κ1) is 10.6. The summed E-state index contributed by atoms with van der Waals surface area (Å²) in [6.07, 6.45) is 3.54. The minimum Gasteiger partial charge on any atom is -0.481 e. The lowest BCUT2D eigenvalue weighted by atomic mass is 9.99. The van der Waals surface area contributed by atoms with Gasteiger partial charge >= 0.3 is 5.97 Å². The van der Waals surface area contributed by atoms with E-state index in [0.29, 0.717) is 0 Å². The highest BCUT2D eigenvalue weighted by molar-refractivity contribution is 7.12. The van der Waals surface area contributed by atoms with E-state index in [4.69, 9.17) is 5.11 Å². The smallest absolute Gasteiger partial charge is 0.306 e. The van der Waals surface area contributed by atoms with Crippen LogP contribution in [0, 0.1) is 0 Å². The van der Waals surface area contributed by atoms with Gasteiger partial charge in [-0.2, -0.15) is 0 Å². The lowest BCUT2D eigenvalue weighted by molar-refractivity contribution is -0.139. The number of aliphatic hydroxyl groups is 1. The molecule has 1 atom stereocenters. The van der Waals surface area contributed by atoms with Crippen molar-refractivity contribution in [3.63, 3.8) is 0 Å². The molecule has 0 bridgehead atoms. The zero-order valence-electron chi connectivity index (χ0n) is 8.40. The van der Waals surface area contributed by atoms with Crippen LogP contribution in [0.15, 0.2) is 6.07 Å². The van der Waals surface area contributed by atoms with Gasteiger partial charge < -0.3 is 10.2 Å². The molecule has 0 unspecified atom stereocenters. The molecule has 1 aliphatic rings. The number of fused-ring (bicyclic) bond motifs is 1. The molecule has 3 nitrogen and oxygen atoms in total. The molecule has 0 fully saturated rings. The highest BCUT2D eigenvalue weighted by Crippen LogP contribution is 2.33. The largest absolute Gasteiger partial charge is 0.481 e. The third-order valence-corrected chi connectivity index (χ3v) is 4.05. The van der Waals surface area contributed by atoms with Gasteiger partial charge in [-0.05, 0) is 37.3 Å². The summed E-state index contributed by atoms with van der Waals surface area (Å²) in [5.74, 6) is -0.950. The van der Waals surface area contributed by atoms with Gasteiger partial charge in [-0.25, -0.2) is 0 Å². The zero-order valence-corrected chi connectivity index (χ0v) is 9.22. The van der Waals surface area contributed by atoms with Gasteiger partial charge in [-0.3, -0.25) is 4.79 Å². The number of aryl methyl sites for hydroxylation is 2. The standard InChI is InChI=1S/C11H14O3S/c12-8(6-11(13)14)10-5-7-3-1-2-4-9(7)15-10/h5,8,12H,1-4,6H2,(H,13,14)/t8-/m1/s1. The maximum Gasteiger partial charge on any atom is 0.306 e. The summed E-state index contributed by atoms with van der Waals surface area (Å²) in [4.78, 5) is 12.6. The molecular weight excluding hydrogens is 212 g/mol. The third kappa shape index (κ3) is 2.38. The summed E-state index contributed by atoms with van der Waals surface area (Å²) in [6.45, 7) is 0. The fourth-order valence-electron chi connectivity index (χ4n) is 1.94. The lowest BCUT2D eigenvalue weighted by Crippen LogP contribution is -2.03. The third-order valence-electron chi connectivity index (χ3n) is 2.71. The van der Waals surface area contributed by atoms with E-state index >= 15 is 0 Å². The van der Waals surface area contributed by atoms with Gasteiger partial charge in [0.05, 0.1) is 12.5 Å². The first-order valence-corrected chi connectivity index (χ1v) is 6.00. The van der Waals surface area contributed by atoms with Crippen molar-refractivity contribution in [3.8, 4) is 0 Å². The van der Waals surface area contributed by atoms with Gasteiger partial charge in [-0.15, -0.1) is 11.3 Å². The summed E-state index contributed by atoms with van der Waals surface area (Å²) >= 11 is 1.57. The SMILES string of the molecule is O=C(O)C[C@@H](O)c1cc2c(s1)CCCC2. The second-order valence-electron chi connectivity index (χ2n) is 3.92. The first-order valence-electron chi connectivity index (χ1n) is 5.18. The molecule has 4 heteroatoms. The minimum absolute atomic E-state index is 0.195. The molecule has 15 heavy (non-hydrogen) atoms. The van der Waals surface area contributed by atoms with E-state index in [1.807, 2.05) is 6.07 Å². The number of carbonyl (C=O) groups is 1. The Bertz CT molecular complexity index is 346. The molecular formula is C11H14O3S. The Kier molecular flexibility index (Phi) is 3.07. The van der Waals surface area contributed by atoms with Crippen molar-refractivity contribution < 1.29 is 15.0 Å². The highest BCUT2D eigenvalue weighted by atomic mass is 32.1. The Morgan fingerprint density at radius 1 is 1.47 bits per heavy atom. The molecule has 0 aromatic carbocycles. The average molecular weight is 226 g/mol. The van der Waals surface area contributed by atoms with Crippen LogP contribution in [0.25, 0.3) is 0 Å². The van der Waals surface area contributed by atoms with Crippen molar-refractivity contribution in [1.82, 2.24) is 0 Å². The second kappa shape index (κ2) is 4.33. The van der Waals surface area contributed by atoms with E-state index in [1.54, 1.807) is 11.3 Å². The Morgan fingerprint density at radius 3 is 2.87 bits per heavy atom. The zero-order chi connectivity index (χ0) is 10.8. The Balaban J connectivity index is 2.15. The lowest BCUT2D eigenvalue weighted by Gasteiger charge is -2.08. The van der Waals surface area contributed by atoms with E-state index in [9.17, 15) is 9.90 Å². The van der Waals surface area contributed by atoms with Crippen LogP contribution >= 0.6 is 11.3 Å². The molecule has 2 rings (SSSR count).